The summed E-state index contributed by atoms with van der Waals surface area (Å²) >= 11 is 0. The molecule has 60 heavy (non-hydrogen) atoms. The van der Waals surface area contributed by atoms with E-state index in [2.05, 4.69) is 97.5 Å². The van der Waals surface area contributed by atoms with Crippen LogP contribution in [0.15, 0.2) is 154 Å². The van der Waals surface area contributed by atoms with Crippen LogP contribution in [-0.2, 0) is 7.05 Å². The van der Waals surface area contributed by atoms with Crippen molar-refractivity contribution < 1.29 is 0 Å². The van der Waals surface area contributed by atoms with Crippen molar-refractivity contribution in [2.45, 2.75) is 34.6 Å². The summed E-state index contributed by atoms with van der Waals surface area (Å²) in [6.45, 7) is 10.2. The summed E-state index contributed by atoms with van der Waals surface area (Å²) in [5.74, 6) is 0. The van der Waals surface area contributed by atoms with Gasteiger partial charge in [-0.15, -0.1) is 0 Å². The Bertz CT molecular complexity index is 3010. The van der Waals surface area contributed by atoms with Gasteiger partial charge in [0.05, 0.1) is 69.8 Å². The van der Waals surface area contributed by atoms with Crippen molar-refractivity contribution in [2.75, 3.05) is 0 Å². The van der Waals surface area contributed by atoms with Gasteiger partial charge in [-0.1, -0.05) is 0 Å². The van der Waals surface area contributed by atoms with E-state index in [0.29, 0.717) is 0 Å². The highest BCUT2D eigenvalue weighted by atomic mass is 14.9. The number of pyridine rings is 6. The molecule has 300 valence electrons. The van der Waals surface area contributed by atoms with Crippen molar-refractivity contribution >= 4 is 65.4 Å². The summed E-state index contributed by atoms with van der Waals surface area (Å²) in [5, 5.41) is 7.45. The minimum atomic E-state index is 1.06. The van der Waals surface area contributed by atoms with E-state index >= 15 is 0 Å². The van der Waals surface area contributed by atoms with E-state index in [4.69, 9.17) is 0 Å². The lowest BCUT2D eigenvalue weighted by atomic mass is 10.2. The first-order chi connectivity index (χ1) is 29.2. The molecule has 12 aromatic heterocycles. The van der Waals surface area contributed by atoms with Gasteiger partial charge < -0.3 is 29.5 Å². The van der Waals surface area contributed by atoms with Gasteiger partial charge in [0, 0.05) is 113 Å². The molecule has 0 aliphatic heterocycles. The molecule has 0 amide bonds. The Morgan fingerprint density at radius 2 is 1.13 bits per heavy atom. The van der Waals surface area contributed by atoms with Gasteiger partial charge in [-0.2, -0.15) is 0 Å². The molecular weight excluding hydrogens is 745 g/mol. The number of aromatic amines is 5. The Morgan fingerprint density at radius 3 is 1.92 bits per heavy atom. The number of H-pyrrole nitrogens is 5. The molecular formula is C48H48N12. The third-order valence-corrected chi connectivity index (χ3v) is 9.85. The first-order valence-corrected chi connectivity index (χ1v) is 19.5. The molecule has 0 aliphatic carbocycles. The molecule has 12 heteroatoms. The number of nitrogens with one attached hydrogen (secondary N) is 5. The van der Waals surface area contributed by atoms with Gasteiger partial charge >= 0.3 is 0 Å². The molecule has 12 rings (SSSR count). The highest BCUT2D eigenvalue weighted by molar-refractivity contribution is 5.83. The molecule has 0 aliphatic rings. The minimum Gasteiger partial charge on any atom is -0.360 e. The van der Waals surface area contributed by atoms with Crippen LogP contribution in [0.5, 0.6) is 0 Å². The van der Waals surface area contributed by atoms with Crippen molar-refractivity contribution in [3.05, 3.63) is 182 Å². The van der Waals surface area contributed by atoms with E-state index in [1.54, 1.807) is 6.20 Å². The average Bonchev–Trinajstić information content (AvgIpc) is 4.13. The fourth-order valence-electron chi connectivity index (χ4n) is 6.65. The van der Waals surface area contributed by atoms with Crippen LogP contribution in [0.4, 0.5) is 0 Å². The van der Waals surface area contributed by atoms with Crippen LogP contribution in [0, 0.1) is 34.6 Å². The van der Waals surface area contributed by atoms with Crippen molar-refractivity contribution in [3.8, 4) is 0 Å². The number of fused-ring (bicyclic) bond motifs is 6. The Hall–Kier alpha value is -7.86. The molecule has 0 saturated carbocycles. The normalized spacial score (nSPS) is 10.5. The van der Waals surface area contributed by atoms with Gasteiger partial charge in [0.25, 0.3) is 0 Å². The van der Waals surface area contributed by atoms with E-state index in [1.165, 1.54) is 54.7 Å². The number of hydrogen-bond acceptors (Lipinski definition) is 6. The van der Waals surface area contributed by atoms with Crippen LogP contribution < -0.4 is 0 Å². The summed E-state index contributed by atoms with van der Waals surface area (Å²) in [5.41, 5.74) is 12.6. The van der Waals surface area contributed by atoms with Crippen molar-refractivity contribution in [3.63, 3.8) is 0 Å². The summed E-state index contributed by atoms with van der Waals surface area (Å²) in [7, 11) is 2.02. The van der Waals surface area contributed by atoms with Crippen molar-refractivity contribution in [1.29, 1.82) is 0 Å². The van der Waals surface area contributed by atoms with Gasteiger partial charge in [-0.25, -0.2) is 0 Å². The fourth-order valence-corrected chi connectivity index (χ4v) is 6.65. The van der Waals surface area contributed by atoms with Crippen molar-refractivity contribution in [2.24, 2.45) is 7.05 Å². The van der Waals surface area contributed by atoms with E-state index in [-0.39, 0.29) is 0 Å². The molecule has 0 atom stereocenters. The molecule has 0 radical (unpaired) electrons. The average molecular weight is 793 g/mol. The molecule has 12 heterocycles. The van der Waals surface area contributed by atoms with Crippen LogP contribution in [0.25, 0.3) is 65.4 Å². The Morgan fingerprint density at radius 1 is 0.483 bits per heavy atom. The van der Waals surface area contributed by atoms with E-state index in [9.17, 15) is 0 Å². The van der Waals surface area contributed by atoms with Gasteiger partial charge in [-0.05, 0) is 106 Å². The maximum Gasteiger partial charge on any atom is 0.0670 e. The summed E-state index contributed by atoms with van der Waals surface area (Å²) in [4.78, 5) is 40.0. The maximum absolute atomic E-state index is 4.15. The van der Waals surface area contributed by atoms with Gasteiger partial charge in [0.1, 0.15) is 0 Å². The third-order valence-electron chi connectivity index (χ3n) is 9.85. The van der Waals surface area contributed by atoms with Gasteiger partial charge in [-0.3, -0.25) is 29.9 Å². The zero-order valence-corrected chi connectivity index (χ0v) is 34.6. The molecule has 0 bridgehead atoms. The molecule has 5 N–H and O–H groups in total. The molecule has 0 unspecified atom stereocenters. The smallest absolute Gasteiger partial charge is 0.0670 e. The summed E-state index contributed by atoms with van der Waals surface area (Å²) < 4.78 is 2.06. The molecule has 12 nitrogen and oxygen atoms in total. The Balaban J connectivity index is 0.000000109. The van der Waals surface area contributed by atoms with Crippen LogP contribution >= 0.6 is 0 Å². The molecule has 0 fully saturated rings. The molecule has 0 spiro atoms. The minimum absolute atomic E-state index is 1.06. The predicted molar refractivity (Wildman–Crippen MR) is 245 cm³/mol. The second-order valence-corrected chi connectivity index (χ2v) is 14.3. The number of rotatable bonds is 0. The lowest BCUT2D eigenvalue weighted by Crippen LogP contribution is -1.83. The van der Waals surface area contributed by atoms with E-state index in [1.807, 2.05) is 151 Å². The Labute approximate surface area is 347 Å². The zero-order chi connectivity index (χ0) is 41.8. The lowest BCUT2D eigenvalue weighted by molar-refractivity contribution is 0.965. The SMILES string of the molecule is Cc1c[nH]c2cnccc12.Cc1cc2cc[nH]c2cn1.Cc1cc2ccncc2[nH]1.Cc1cncc2[nH]ccc12.Cc1nccc2cc[nH]c12.Cn1ccc2ccncc21. The van der Waals surface area contributed by atoms with Crippen molar-refractivity contribution in [1.82, 2.24) is 59.4 Å². The number of hydrogen-bond donors (Lipinski definition) is 5. The number of nitrogens with zero attached hydrogens (tertiary/aromatic N) is 7. The second-order valence-electron chi connectivity index (χ2n) is 14.3. The third kappa shape index (κ3) is 9.98. The largest absolute Gasteiger partial charge is 0.360 e. The molecule has 0 saturated heterocycles. The topological polar surface area (TPSA) is 161 Å². The maximum atomic E-state index is 4.15. The van der Waals surface area contributed by atoms with E-state index in [0.717, 1.165) is 39.0 Å². The highest BCUT2D eigenvalue weighted by Gasteiger charge is 1.98. The van der Waals surface area contributed by atoms with Crippen LogP contribution in [0.2, 0.25) is 0 Å². The quantitative estimate of drug-likeness (QED) is 0.103. The molecule has 0 aromatic carbocycles. The molecule has 12 aromatic rings. The highest BCUT2D eigenvalue weighted by Crippen LogP contribution is 2.16. The van der Waals surface area contributed by atoms with Gasteiger partial charge in [0.15, 0.2) is 0 Å². The summed E-state index contributed by atoms with van der Waals surface area (Å²) in [6.07, 6.45) is 28.2. The standard InChI is InChI=1S/6C8H8N2/c1-10-5-3-7-2-4-9-6-8(7)10;1-6-8-7(2-4-9-6)3-5-10-8;1-6-4-9-5-8-7(6)2-3-10-8;1-6-4-10-8-5-9-3-2-7(6)8;1-6-4-7-2-3-9-8(7)5-10-6;1-6-4-7-2-3-9-5-8(7)10-6/h2-6H,1H3;3*2-5,10H,1H3;2-5,9H,1H3;2-5,10H,1H3. The number of aromatic nitrogens is 12. The monoisotopic (exact) mass is 792 g/mol. The summed E-state index contributed by atoms with van der Waals surface area (Å²) in [6, 6.07) is 20.4. The number of aryl methyl sites for hydroxylation is 6. The fraction of sp³-hybridized carbons (Fsp3) is 0.125. The zero-order valence-electron chi connectivity index (χ0n) is 34.6. The van der Waals surface area contributed by atoms with Gasteiger partial charge in [0.2, 0.25) is 0 Å². The predicted octanol–water partition coefficient (Wildman–Crippen LogP) is 10.9. The Kier molecular flexibility index (Phi) is 12.8. The van der Waals surface area contributed by atoms with Crippen LogP contribution in [0.3, 0.4) is 0 Å². The van der Waals surface area contributed by atoms with Crippen LogP contribution in [0.1, 0.15) is 28.2 Å². The first kappa shape index (κ1) is 40.3. The van der Waals surface area contributed by atoms with Crippen LogP contribution in [-0.4, -0.2) is 59.4 Å². The lowest BCUT2D eigenvalue weighted by Gasteiger charge is -1.91. The second kappa shape index (κ2) is 19.1. The first-order valence-electron chi connectivity index (χ1n) is 19.5. The van der Waals surface area contributed by atoms with E-state index < -0.39 is 0 Å².